The number of likely N-dealkylation sites (N-methyl/N-ethyl adjacent to an activating group) is 1. The third-order valence-electron chi connectivity index (χ3n) is 3.89. The first-order valence-electron chi connectivity index (χ1n) is 7.03. The molecule has 1 aromatic heterocycles. The van der Waals surface area contributed by atoms with Gasteiger partial charge in [0.2, 0.25) is 0 Å². The Hall–Kier alpha value is -2.18. The second-order valence-electron chi connectivity index (χ2n) is 5.32. The van der Waals surface area contributed by atoms with Crippen LogP contribution in [0.5, 0.6) is 0 Å². The molecule has 0 bridgehead atoms. The molecule has 1 saturated heterocycles. The number of nitrogens with zero attached hydrogens (tertiary/aromatic N) is 3. The first-order valence-corrected chi connectivity index (χ1v) is 7.03. The summed E-state index contributed by atoms with van der Waals surface area (Å²) >= 11 is 0. The number of pyridine rings is 1. The number of benzene rings is 1. The van der Waals surface area contributed by atoms with E-state index >= 15 is 0 Å². The predicted molar refractivity (Wildman–Crippen MR) is 83.0 cm³/mol. The van der Waals surface area contributed by atoms with Crippen molar-refractivity contribution in [3.8, 4) is 0 Å². The van der Waals surface area contributed by atoms with Crippen molar-refractivity contribution in [3.05, 3.63) is 36.0 Å². The van der Waals surface area contributed by atoms with Crippen molar-refractivity contribution in [1.82, 2.24) is 14.8 Å². The minimum absolute atomic E-state index is 0.0367. The zero-order valence-corrected chi connectivity index (χ0v) is 12.0. The lowest BCUT2D eigenvalue weighted by Gasteiger charge is -2.32. The molecule has 2 aromatic rings. The molecule has 1 amide bonds. The van der Waals surface area contributed by atoms with Crippen molar-refractivity contribution >= 4 is 22.5 Å². The van der Waals surface area contributed by atoms with Gasteiger partial charge >= 0.3 is 0 Å². The van der Waals surface area contributed by atoms with Gasteiger partial charge in [0.1, 0.15) is 11.5 Å². The van der Waals surface area contributed by atoms with Gasteiger partial charge in [-0.15, -0.1) is 0 Å². The van der Waals surface area contributed by atoms with Gasteiger partial charge in [0, 0.05) is 31.6 Å². The average Bonchev–Trinajstić information content (AvgIpc) is 2.53. The van der Waals surface area contributed by atoms with Crippen LogP contribution >= 0.6 is 0 Å². The van der Waals surface area contributed by atoms with E-state index in [0.29, 0.717) is 11.5 Å². The van der Waals surface area contributed by atoms with E-state index < -0.39 is 0 Å². The van der Waals surface area contributed by atoms with Gasteiger partial charge < -0.3 is 15.2 Å². The van der Waals surface area contributed by atoms with Gasteiger partial charge in [0.15, 0.2) is 0 Å². The van der Waals surface area contributed by atoms with E-state index in [-0.39, 0.29) is 5.91 Å². The van der Waals surface area contributed by atoms with Crippen molar-refractivity contribution < 1.29 is 4.79 Å². The molecular weight excluding hydrogens is 266 g/mol. The zero-order valence-electron chi connectivity index (χ0n) is 12.0. The molecule has 2 heterocycles. The number of hydrazine groups is 1. The van der Waals surface area contributed by atoms with E-state index in [0.717, 1.165) is 37.0 Å². The number of carbonyl (C=O) groups is 1. The van der Waals surface area contributed by atoms with Crippen LogP contribution in [-0.2, 0) is 0 Å². The topological polar surface area (TPSA) is 74.5 Å². The van der Waals surface area contributed by atoms with Crippen molar-refractivity contribution in [2.24, 2.45) is 5.84 Å². The molecule has 21 heavy (non-hydrogen) atoms. The highest BCUT2D eigenvalue weighted by atomic mass is 16.2. The fourth-order valence-electron chi connectivity index (χ4n) is 2.59. The fourth-order valence-corrected chi connectivity index (χ4v) is 2.59. The Bertz CT molecular complexity index is 664. The van der Waals surface area contributed by atoms with Gasteiger partial charge in [-0.2, -0.15) is 0 Å². The van der Waals surface area contributed by atoms with Gasteiger partial charge in [-0.3, -0.25) is 4.79 Å². The Morgan fingerprint density at radius 2 is 1.95 bits per heavy atom. The van der Waals surface area contributed by atoms with Crippen LogP contribution in [0.25, 0.3) is 10.8 Å². The number of amides is 1. The predicted octanol–water partition coefficient (Wildman–Crippen LogP) is 0.908. The minimum Gasteiger partial charge on any atom is -0.335 e. The zero-order chi connectivity index (χ0) is 14.8. The molecule has 0 atom stereocenters. The summed E-state index contributed by atoms with van der Waals surface area (Å²) in [5.41, 5.74) is 3.02. The molecule has 1 aromatic carbocycles. The van der Waals surface area contributed by atoms with Crippen LogP contribution in [0.1, 0.15) is 10.5 Å². The van der Waals surface area contributed by atoms with Crippen molar-refractivity contribution in [1.29, 1.82) is 0 Å². The quantitative estimate of drug-likeness (QED) is 0.633. The Balaban J connectivity index is 1.94. The molecule has 0 unspecified atom stereocenters. The summed E-state index contributed by atoms with van der Waals surface area (Å²) in [5, 5.41) is 1.87. The number of hydrogen-bond acceptors (Lipinski definition) is 5. The van der Waals surface area contributed by atoms with Gasteiger partial charge in [0.05, 0.1) is 0 Å². The molecule has 0 aliphatic carbocycles. The first kappa shape index (κ1) is 13.8. The molecule has 1 aliphatic heterocycles. The molecule has 0 saturated carbocycles. The number of aromatic nitrogens is 1. The van der Waals surface area contributed by atoms with Crippen molar-refractivity contribution in [2.45, 2.75) is 0 Å². The Morgan fingerprint density at radius 1 is 1.24 bits per heavy atom. The largest absolute Gasteiger partial charge is 0.335 e. The monoisotopic (exact) mass is 285 g/mol. The summed E-state index contributed by atoms with van der Waals surface area (Å²) < 4.78 is 0. The van der Waals surface area contributed by atoms with E-state index in [2.05, 4.69) is 22.4 Å². The van der Waals surface area contributed by atoms with Crippen LogP contribution in [0.4, 0.5) is 5.82 Å². The van der Waals surface area contributed by atoms with E-state index in [1.807, 2.05) is 35.2 Å². The molecule has 1 aliphatic rings. The van der Waals surface area contributed by atoms with Crippen molar-refractivity contribution in [3.63, 3.8) is 0 Å². The Labute approximate surface area is 123 Å². The number of hydrogen-bond donors (Lipinski definition) is 2. The summed E-state index contributed by atoms with van der Waals surface area (Å²) in [7, 11) is 2.06. The minimum atomic E-state index is -0.0367. The highest BCUT2D eigenvalue weighted by Crippen LogP contribution is 2.22. The summed E-state index contributed by atoms with van der Waals surface area (Å²) in [5.74, 6) is 6.03. The maximum absolute atomic E-state index is 12.6. The second-order valence-corrected chi connectivity index (χ2v) is 5.32. The molecule has 0 radical (unpaired) electrons. The van der Waals surface area contributed by atoms with Crippen LogP contribution in [0.3, 0.4) is 0 Å². The van der Waals surface area contributed by atoms with Crippen LogP contribution < -0.4 is 11.3 Å². The summed E-state index contributed by atoms with van der Waals surface area (Å²) in [6.45, 7) is 3.24. The number of anilines is 1. The standard InChI is InChI=1S/C15H19N5O/c1-19-6-8-20(9-7-19)15(21)13-10-11-4-2-3-5-12(11)14(17-13)18-16/h2-5,10H,6-9,16H2,1H3,(H,17,18). The van der Waals surface area contributed by atoms with E-state index in [4.69, 9.17) is 5.84 Å². The fraction of sp³-hybridized carbons (Fsp3) is 0.333. The third-order valence-corrected chi connectivity index (χ3v) is 3.89. The first-order chi connectivity index (χ1) is 10.2. The number of rotatable bonds is 2. The second kappa shape index (κ2) is 5.67. The number of nitrogens with two attached hydrogens (primary N) is 1. The van der Waals surface area contributed by atoms with Gasteiger partial charge in [-0.25, -0.2) is 10.8 Å². The molecule has 110 valence electrons. The van der Waals surface area contributed by atoms with Gasteiger partial charge in [0.25, 0.3) is 5.91 Å². The summed E-state index contributed by atoms with van der Waals surface area (Å²) in [6, 6.07) is 9.58. The van der Waals surface area contributed by atoms with Crippen LogP contribution in [0, 0.1) is 0 Å². The molecule has 6 heteroatoms. The lowest BCUT2D eigenvalue weighted by Crippen LogP contribution is -2.47. The number of fused-ring (bicyclic) bond motifs is 1. The van der Waals surface area contributed by atoms with Crippen LogP contribution in [-0.4, -0.2) is 53.9 Å². The number of nitrogen functional groups attached to an aromatic ring is 1. The molecule has 0 spiro atoms. The molecular formula is C15H19N5O. The highest BCUT2D eigenvalue weighted by molar-refractivity contribution is 6.00. The SMILES string of the molecule is CN1CCN(C(=O)c2cc3ccccc3c(NN)n2)CC1. The Morgan fingerprint density at radius 3 is 2.67 bits per heavy atom. The Kier molecular flexibility index (Phi) is 3.72. The summed E-state index contributed by atoms with van der Waals surface area (Å²) in [4.78, 5) is 21.0. The lowest BCUT2D eigenvalue weighted by molar-refractivity contribution is 0.0658. The van der Waals surface area contributed by atoms with Crippen molar-refractivity contribution in [2.75, 3.05) is 38.7 Å². The molecule has 3 rings (SSSR count). The van der Waals surface area contributed by atoms with Gasteiger partial charge in [-0.05, 0) is 18.5 Å². The van der Waals surface area contributed by atoms with Gasteiger partial charge in [-0.1, -0.05) is 24.3 Å². The van der Waals surface area contributed by atoms with E-state index in [1.165, 1.54) is 0 Å². The number of carbonyl (C=O) groups excluding carboxylic acids is 1. The number of nitrogens with one attached hydrogen (secondary N) is 1. The molecule has 3 N–H and O–H groups in total. The molecule has 1 fully saturated rings. The lowest BCUT2D eigenvalue weighted by atomic mass is 10.1. The van der Waals surface area contributed by atoms with E-state index in [1.54, 1.807) is 0 Å². The van der Waals surface area contributed by atoms with Crippen LogP contribution in [0.2, 0.25) is 0 Å². The maximum atomic E-state index is 12.6. The van der Waals surface area contributed by atoms with E-state index in [9.17, 15) is 4.79 Å². The average molecular weight is 285 g/mol. The molecule has 6 nitrogen and oxygen atoms in total. The summed E-state index contributed by atoms with van der Waals surface area (Å²) in [6.07, 6.45) is 0. The normalized spacial score (nSPS) is 16.2. The smallest absolute Gasteiger partial charge is 0.272 e. The third kappa shape index (κ3) is 2.68. The van der Waals surface area contributed by atoms with Crippen LogP contribution in [0.15, 0.2) is 30.3 Å². The highest BCUT2D eigenvalue weighted by Gasteiger charge is 2.22. The number of piperazine rings is 1. The maximum Gasteiger partial charge on any atom is 0.272 e.